The molecular weight excluding hydrogens is 874 g/mol. The minimum atomic E-state index is -5.38. The molecule has 1 fully saturated rings. The first-order valence-electron chi connectivity index (χ1n) is 22.6. The summed E-state index contributed by atoms with van der Waals surface area (Å²) in [5, 5.41) is 51.1. The van der Waals surface area contributed by atoms with E-state index in [4.69, 9.17) is 28.3 Å². The molecule has 1 aliphatic carbocycles. The van der Waals surface area contributed by atoms with Crippen molar-refractivity contribution in [3.05, 3.63) is 72.9 Å². The first-order chi connectivity index (χ1) is 30.5. The molecule has 1 aliphatic rings. The molecule has 1 rings (SSSR count). The van der Waals surface area contributed by atoms with Crippen molar-refractivity contribution in [2.24, 2.45) is 0 Å². The average Bonchev–Trinajstić information content (AvgIpc) is 3.24. The molecule has 0 radical (unpaired) electrons. The Morgan fingerprint density at radius 3 is 1.78 bits per heavy atom. The van der Waals surface area contributed by atoms with Gasteiger partial charge in [-0.15, -0.1) is 0 Å². The number of phosphoric acid groups is 2. The lowest BCUT2D eigenvalue weighted by molar-refractivity contribution is -0.216. The standard InChI is InChI=1S/C45H76O17P2/c1-3-5-7-8-9-10-11-12-13-14-15-18-21-24-28-32-38(47)58-34-37(60-39(48)33-29-25-22-19-16-17-20-23-27-31-36(46)30-26-6-4-2)35-59-64(56,57)62-45-42(51)40(49)41(50)44(43(45)52)61-63(53,54)55/h6,9-10,12-13,15,18,20,23,26-27,31,36-37,40-46,49-52H,3-5,7-8,11,14,16-17,19,21-22,24-25,28-30,32-35H2,1-2H3,(H,56,57)(H2,53,54,55)/b10-9-,13-12-,18-15-,23-20+,26-6+,31-27+/t36?,37-,40?,41?,42?,43?,44-,45+/m1/s1. The molecule has 0 aromatic carbocycles. The van der Waals surface area contributed by atoms with Crippen molar-refractivity contribution >= 4 is 27.6 Å². The zero-order valence-electron chi connectivity index (χ0n) is 37.5. The van der Waals surface area contributed by atoms with E-state index in [1.807, 2.05) is 43.4 Å². The summed E-state index contributed by atoms with van der Waals surface area (Å²) >= 11 is 0. The minimum Gasteiger partial charge on any atom is -0.462 e. The van der Waals surface area contributed by atoms with Crippen molar-refractivity contribution in [2.75, 3.05) is 13.2 Å². The van der Waals surface area contributed by atoms with Crippen LogP contribution in [0.25, 0.3) is 0 Å². The van der Waals surface area contributed by atoms with Gasteiger partial charge < -0.3 is 49.7 Å². The van der Waals surface area contributed by atoms with Crippen molar-refractivity contribution in [3.63, 3.8) is 0 Å². The van der Waals surface area contributed by atoms with E-state index in [-0.39, 0.29) is 12.8 Å². The van der Waals surface area contributed by atoms with Gasteiger partial charge in [0, 0.05) is 12.8 Å². The molecule has 9 atom stereocenters. The fraction of sp³-hybridized carbons (Fsp3) is 0.689. The molecule has 17 nitrogen and oxygen atoms in total. The summed E-state index contributed by atoms with van der Waals surface area (Å²) in [6, 6.07) is 0. The van der Waals surface area contributed by atoms with E-state index < -0.39 is 89.6 Å². The molecule has 368 valence electrons. The number of hydrogen-bond acceptors (Lipinski definition) is 14. The molecule has 19 heteroatoms. The highest BCUT2D eigenvalue weighted by Gasteiger charge is 2.54. The first kappa shape index (κ1) is 59.4. The zero-order chi connectivity index (χ0) is 47.6. The number of carbonyl (C=O) groups is 2. The van der Waals surface area contributed by atoms with E-state index in [1.54, 1.807) is 6.08 Å². The van der Waals surface area contributed by atoms with Gasteiger partial charge in [0.25, 0.3) is 0 Å². The van der Waals surface area contributed by atoms with Crippen LogP contribution in [0.15, 0.2) is 72.9 Å². The third-order valence-electron chi connectivity index (χ3n) is 9.84. The number of esters is 2. The maximum absolute atomic E-state index is 13.0. The van der Waals surface area contributed by atoms with E-state index in [2.05, 4.69) is 41.8 Å². The summed E-state index contributed by atoms with van der Waals surface area (Å²) < 4.78 is 49.2. The number of allylic oxidation sites excluding steroid dienone is 10. The Labute approximate surface area is 379 Å². The third kappa shape index (κ3) is 29.8. The Morgan fingerprint density at radius 1 is 0.594 bits per heavy atom. The van der Waals surface area contributed by atoms with Crippen molar-refractivity contribution in [3.8, 4) is 0 Å². The van der Waals surface area contributed by atoms with Gasteiger partial charge >= 0.3 is 27.6 Å². The molecule has 0 saturated heterocycles. The number of rotatable bonds is 36. The van der Waals surface area contributed by atoms with Gasteiger partial charge in [0.2, 0.25) is 0 Å². The van der Waals surface area contributed by atoms with E-state index in [0.717, 1.165) is 57.8 Å². The molecule has 0 bridgehead atoms. The van der Waals surface area contributed by atoms with Crippen LogP contribution in [0.3, 0.4) is 0 Å². The number of aliphatic hydroxyl groups excluding tert-OH is 5. The largest absolute Gasteiger partial charge is 0.472 e. The molecule has 0 aromatic heterocycles. The van der Waals surface area contributed by atoms with E-state index >= 15 is 0 Å². The number of ether oxygens (including phenoxy) is 2. The van der Waals surface area contributed by atoms with Gasteiger partial charge in [-0.25, -0.2) is 9.13 Å². The molecule has 0 heterocycles. The second kappa shape index (κ2) is 35.6. The summed E-state index contributed by atoms with van der Waals surface area (Å²) in [4.78, 5) is 54.2. The average molecular weight is 951 g/mol. The van der Waals surface area contributed by atoms with Gasteiger partial charge in [-0.2, -0.15) is 0 Å². The Morgan fingerprint density at radius 2 is 1.14 bits per heavy atom. The normalized spacial score (nSPS) is 23.0. The van der Waals surface area contributed by atoms with Crippen molar-refractivity contribution in [1.82, 2.24) is 0 Å². The van der Waals surface area contributed by atoms with Crippen LogP contribution < -0.4 is 0 Å². The molecule has 0 spiro atoms. The first-order valence-corrected chi connectivity index (χ1v) is 25.6. The van der Waals surface area contributed by atoms with Crippen LogP contribution in [0.5, 0.6) is 0 Å². The van der Waals surface area contributed by atoms with E-state index in [9.17, 15) is 49.1 Å². The van der Waals surface area contributed by atoms with E-state index in [0.29, 0.717) is 32.1 Å². The molecule has 0 amide bonds. The molecule has 64 heavy (non-hydrogen) atoms. The van der Waals surface area contributed by atoms with Gasteiger partial charge in [0.15, 0.2) is 6.10 Å². The van der Waals surface area contributed by atoms with Crippen molar-refractivity contribution in [2.45, 2.75) is 185 Å². The van der Waals surface area contributed by atoms with Crippen molar-refractivity contribution < 1.29 is 82.0 Å². The van der Waals surface area contributed by atoms with Crippen LogP contribution >= 0.6 is 15.6 Å². The molecular formula is C45H76O17P2. The van der Waals surface area contributed by atoms with Crippen LogP contribution in [0.4, 0.5) is 0 Å². The maximum atomic E-state index is 13.0. The lowest BCUT2D eigenvalue weighted by Gasteiger charge is -2.43. The van der Waals surface area contributed by atoms with Gasteiger partial charge in [-0.05, 0) is 77.0 Å². The Balaban J connectivity index is 2.68. The number of phosphoric ester groups is 2. The summed E-state index contributed by atoms with van der Waals surface area (Å²) in [6.45, 7) is 2.79. The predicted octanol–water partition coefficient (Wildman–Crippen LogP) is 7.03. The highest BCUT2D eigenvalue weighted by Crippen LogP contribution is 2.49. The van der Waals surface area contributed by atoms with Gasteiger partial charge in [0.05, 0.1) is 12.7 Å². The van der Waals surface area contributed by atoms with Gasteiger partial charge in [0.1, 0.15) is 43.2 Å². The smallest absolute Gasteiger partial charge is 0.462 e. The Bertz CT molecular complexity index is 1540. The minimum absolute atomic E-state index is 0.0146. The predicted molar refractivity (Wildman–Crippen MR) is 242 cm³/mol. The number of hydrogen-bond donors (Lipinski definition) is 8. The van der Waals surface area contributed by atoms with Crippen LogP contribution in [0.2, 0.25) is 0 Å². The Hall–Kier alpha value is -2.60. The molecule has 1 saturated carbocycles. The highest BCUT2D eigenvalue weighted by molar-refractivity contribution is 7.47. The van der Waals surface area contributed by atoms with Crippen LogP contribution in [-0.2, 0) is 41.8 Å². The summed E-state index contributed by atoms with van der Waals surface area (Å²) in [5.41, 5.74) is 0. The number of carbonyl (C=O) groups excluding carboxylic acids is 2. The van der Waals surface area contributed by atoms with Crippen LogP contribution in [0.1, 0.15) is 136 Å². The quantitative estimate of drug-likeness (QED) is 0.0103. The zero-order valence-corrected chi connectivity index (χ0v) is 39.3. The fourth-order valence-corrected chi connectivity index (χ4v) is 7.84. The van der Waals surface area contributed by atoms with E-state index in [1.165, 1.54) is 19.3 Å². The van der Waals surface area contributed by atoms with Crippen molar-refractivity contribution in [1.29, 1.82) is 0 Å². The lowest BCUT2D eigenvalue weighted by Crippen LogP contribution is -2.64. The summed E-state index contributed by atoms with van der Waals surface area (Å²) in [6.07, 6.45) is 23.4. The number of unbranched alkanes of at least 4 members (excludes halogenated alkanes) is 10. The SMILES string of the molecule is CC/C=C/CC(O)/C=C/C=C/CCCCCCCC(=O)O[C@H](COC(=O)CCCC/C=C\C/C=C\C/C=C\CCCCC)COP(=O)(O)O[C@H]1C(O)C(O)C(O)[C@@H](OP(=O)(O)O)C1O. The monoisotopic (exact) mass is 950 g/mol. The second-order valence-corrected chi connectivity index (χ2v) is 18.2. The second-order valence-electron chi connectivity index (χ2n) is 15.6. The lowest BCUT2D eigenvalue weighted by atomic mass is 9.85. The molecule has 0 aliphatic heterocycles. The maximum Gasteiger partial charge on any atom is 0.472 e. The van der Waals surface area contributed by atoms with Gasteiger partial charge in [-0.3, -0.25) is 23.2 Å². The van der Waals surface area contributed by atoms with Crippen LogP contribution in [0, 0.1) is 0 Å². The number of aliphatic hydroxyl groups is 5. The summed E-state index contributed by atoms with van der Waals surface area (Å²) in [5.74, 6) is -1.31. The highest BCUT2D eigenvalue weighted by atomic mass is 31.2. The van der Waals surface area contributed by atoms with Gasteiger partial charge in [-0.1, -0.05) is 119 Å². The molecule has 0 aromatic rings. The molecule has 6 unspecified atom stereocenters. The summed E-state index contributed by atoms with van der Waals surface area (Å²) in [7, 11) is -10.7. The Kier molecular flexibility index (Phi) is 33.0. The fourth-order valence-electron chi connectivity index (χ4n) is 6.30. The van der Waals surface area contributed by atoms with Crippen LogP contribution in [-0.4, -0.2) is 114 Å². The topological polar surface area (TPSA) is 276 Å². The molecule has 8 N–H and O–H groups in total. The third-order valence-corrected chi connectivity index (χ3v) is 11.3.